The normalized spacial score (nSPS) is 13.4. The van der Waals surface area contributed by atoms with Crippen molar-refractivity contribution in [3.8, 4) is 0 Å². The molecule has 0 unspecified atom stereocenters. The summed E-state index contributed by atoms with van der Waals surface area (Å²) < 4.78 is 0. The lowest BCUT2D eigenvalue weighted by Crippen LogP contribution is -2.05. The van der Waals surface area contributed by atoms with E-state index in [2.05, 4.69) is 63.1 Å². The fourth-order valence-corrected chi connectivity index (χ4v) is 2.70. The van der Waals surface area contributed by atoms with Crippen LogP contribution in [-0.2, 0) is 12.8 Å². The number of anilines is 3. The minimum atomic E-state index is 0. The zero-order valence-electron chi connectivity index (χ0n) is 13.0. The van der Waals surface area contributed by atoms with Crippen molar-refractivity contribution in [2.24, 2.45) is 15.7 Å². The minimum absolute atomic E-state index is 0. The molecule has 0 aromatic heterocycles. The van der Waals surface area contributed by atoms with Crippen LogP contribution in [0.5, 0.6) is 0 Å². The average molecular weight is 311 g/mol. The summed E-state index contributed by atoms with van der Waals surface area (Å²) in [6.45, 7) is 1.41. The molecule has 2 aromatic rings. The second-order valence-electron chi connectivity index (χ2n) is 5.40. The maximum absolute atomic E-state index is 5.14. The Balaban J connectivity index is 0.00000156. The van der Waals surface area contributed by atoms with Gasteiger partial charge in [-0.3, -0.25) is 4.99 Å². The molecule has 0 fully saturated rings. The lowest BCUT2D eigenvalue weighted by Gasteiger charge is -2.12. The third kappa shape index (κ3) is 3.88. The maximum atomic E-state index is 5.14. The van der Waals surface area contributed by atoms with Crippen molar-refractivity contribution in [1.82, 2.24) is 0 Å². The number of benzene rings is 2. The lowest BCUT2D eigenvalue weighted by atomic mass is 10.0. The zero-order chi connectivity index (χ0) is 15.9. The van der Waals surface area contributed by atoms with E-state index in [1.165, 1.54) is 35.2 Å². The van der Waals surface area contributed by atoms with Gasteiger partial charge in [0.2, 0.25) is 0 Å². The highest BCUT2D eigenvalue weighted by Crippen LogP contribution is 2.31. The highest BCUT2D eigenvalue weighted by atomic mass is 14.9. The van der Waals surface area contributed by atoms with Crippen molar-refractivity contribution < 1.29 is 2.85 Å². The molecular formula is C18H25N5. The third-order valence-electron chi connectivity index (χ3n) is 3.86. The monoisotopic (exact) mass is 311 g/mol. The summed E-state index contributed by atoms with van der Waals surface area (Å²) in [5.74, 6) is 0. The predicted octanol–water partition coefficient (Wildman–Crippen LogP) is 3.45. The van der Waals surface area contributed by atoms with Crippen LogP contribution in [0, 0.1) is 0 Å². The molecule has 23 heavy (non-hydrogen) atoms. The maximum Gasteiger partial charge on any atom is 0.111 e. The van der Waals surface area contributed by atoms with Crippen LogP contribution in [0.15, 0.2) is 52.4 Å². The summed E-state index contributed by atoms with van der Waals surface area (Å²) in [6, 6.07) is 15.0. The molecule has 0 amide bonds. The first kappa shape index (κ1) is 15.1. The fraction of sp³-hybridized carbons (Fsp3) is 0.222. The molecule has 1 heterocycles. The number of nitrogens with zero attached hydrogens (tertiary/aromatic N) is 2. The van der Waals surface area contributed by atoms with Crippen molar-refractivity contribution in [2.75, 3.05) is 23.7 Å². The molecule has 5 heteroatoms. The van der Waals surface area contributed by atoms with Gasteiger partial charge in [0.25, 0.3) is 0 Å². The molecule has 0 aliphatic carbocycles. The van der Waals surface area contributed by atoms with Crippen molar-refractivity contribution in [2.45, 2.75) is 12.8 Å². The van der Waals surface area contributed by atoms with Crippen LogP contribution in [0.2, 0.25) is 0 Å². The van der Waals surface area contributed by atoms with Crippen molar-refractivity contribution in [3.63, 3.8) is 0 Å². The van der Waals surface area contributed by atoms with E-state index < -0.39 is 0 Å². The van der Waals surface area contributed by atoms with Crippen LogP contribution in [0.25, 0.3) is 0 Å². The first-order chi connectivity index (χ1) is 11.4. The van der Waals surface area contributed by atoms with E-state index in [4.69, 9.17) is 5.73 Å². The van der Waals surface area contributed by atoms with E-state index in [0.717, 1.165) is 25.1 Å². The molecular weight excluding hydrogens is 286 g/mol. The van der Waals surface area contributed by atoms with Crippen LogP contribution < -0.4 is 16.4 Å². The van der Waals surface area contributed by atoms with Gasteiger partial charge in [-0.2, -0.15) is 0 Å². The largest absolute Gasteiger partial charge is 0.390 e. The van der Waals surface area contributed by atoms with Gasteiger partial charge in [0.05, 0.1) is 12.9 Å². The van der Waals surface area contributed by atoms with Gasteiger partial charge >= 0.3 is 0 Å². The Morgan fingerprint density at radius 1 is 1.13 bits per heavy atom. The summed E-state index contributed by atoms with van der Waals surface area (Å²) in [5, 5.41) is 6.94. The highest BCUT2D eigenvalue weighted by molar-refractivity contribution is 5.72. The molecule has 1 aliphatic rings. The van der Waals surface area contributed by atoms with Gasteiger partial charge < -0.3 is 16.4 Å². The number of para-hydroxylation sites is 1. The second kappa shape index (κ2) is 7.45. The van der Waals surface area contributed by atoms with Crippen LogP contribution in [0.3, 0.4) is 0 Å². The van der Waals surface area contributed by atoms with E-state index in [0.29, 0.717) is 6.54 Å². The fourth-order valence-electron chi connectivity index (χ4n) is 2.70. The molecule has 0 bridgehead atoms. The molecule has 0 spiro atoms. The Bertz CT molecular complexity index is 731. The number of fused-ring (bicyclic) bond motifs is 2. The van der Waals surface area contributed by atoms with E-state index in [1.807, 2.05) is 0 Å². The topological polar surface area (TPSA) is 74.8 Å². The predicted molar refractivity (Wildman–Crippen MR) is 102 cm³/mol. The molecule has 5 nitrogen and oxygen atoms in total. The van der Waals surface area contributed by atoms with E-state index in [9.17, 15) is 0 Å². The SMILES string of the molecule is NC=NC=NCCNc1ccc2c(c1)Nc1ccccc1CC2.[HH].[HH]. The Morgan fingerprint density at radius 3 is 2.83 bits per heavy atom. The Labute approximate surface area is 139 Å². The number of aliphatic imine (C=N–C) groups is 2. The van der Waals surface area contributed by atoms with E-state index in [1.54, 1.807) is 0 Å². The third-order valence-corrected chi connectivity index (χ3v) is 3.86. The van der Waals surface area contributed by atoms with Crippen LogP contribution in [0.1, 0.15) is 14.0 Å². The van der Waals surface area contributed by atoms with Gasteiger partial charge in [-0.15, -0.1) is 0 Å². The summed E-state index contributed by atoms with van der Waals surface area (Å²) >= 11 is 0. The molecule has 3 rings (SSSR count). The van der Waals surface area contributed by atoms with Crippen molar-refractivity contribution in [1.29, 1.82) is 0 Å². The number of nitrogens with one attached hydrogen (secondary N) is 2. The molecule has 2 aromatic carbocycles. The molecule has 0 saturated carbocycles. The van der Waals surface area contributed by atoms with Crippen molar-refractivity contribution >= 4 is 29.7 Å². The summed E-state index contributed by atoms with van der Waals surface area (Å²) in [7, 11) is 0. The standard InChI is InChI=1S/C18H21N5.2H2/c19-12-21-13-20-9-10-22-16-8-7-15-6-5-14-3-1-2-4-17(14)23-18(15)11-16;;/h1-4,7-8,11-13,22-23H,5-6,9-10H2,(H2,19,20,21);2*1H. The smallest absolute Gasteiger partial charge is 0.111 e. The second-order valence-corrected chi connectivity index (χ2v) is 5.40. The Hall–Kier alpha value is -2.82. The van der Waals surface area contributed by atoms with Gasteiger partial charge in [-0.25, -0.2) is 4.99 Å². The number of rotatable bonds is 5. The van der Waals surface area contributed by atoms with E-state index >= 15 is 0 Å². The van der Waals surface area contributed by atoms with Gasteiger partial charge in [-0.1, -0.05) is 24.3 Å². The first-order valence-electron chi connectivity index (χ1n) is 7.80. The quantitative estimate of drug-likeness (QED) is 0.450. The number of nitrogens with two attached hydrogens (primary N) is 1. The average Bonchev–Trinajstić information content (AvgIpc) is 2.76. The molecule has 1 aliphatic heterocycles. The highest BCUT2D eigenvalue weighted by Gasteiger charge is 2.12. The van der Waals surface area contributed by atoms with E-state index in [-0.39, 0.29) is 2.85 Å². The van der Waals surface area contributed by atoms with Gasteiger partial charge in [0, 0.05) is 26.5 Å². The van der Waals surface area contributed by atoms with Gasteiger partial charge in [0.1, 0.15) is 6.34 Å². The Kier molecular flexibility index (Phi) is 4.88. The number of hydrogen-bond acceptors (Lipinski definition) is 3. The molecule has 0 atom stereocenters. The lowest BCUT2D eigenvalue weighted by molar-refractivity contribution is 0.976. The molecule has 0 radical (unpaired) electrons. The molecule has 0 saturated heterocycles. The first-order valence-corrected chi connectivity index (χ1v) is 7.80. The van der Waals surface area contributed by atoms with Crippen LogP contribution in [-0.4, -0.2) is 25.8 Å². The van der Waals surface area contributed by atoms with Crippen LogP contribution in [0.4, 0.5) is 17.1 Å². The van der Waals surface area contributed by atoms with Crippen LogP contribution >= 0.6 is 0 Å². The van der Waals surface area contributed by atoms with Gasteiger partial charge in [0.15, 0.2) is 0 Å². The number of aryl methyl sites for hydroxylation is 2. The molecule has 122 valence electrons. The zero-order valence-corrected chi connectivity index (χ0v) is 13.0. The number of hydrogen-bond donors (Lipinski definition) is 3. The summed E-state index contributed by atoms with van der Waals surface area (Å²) in [5.41, 5.74) is 11.3. The van der Waals surface area contributed by atoms with Crippen molar-refractivity contribution in [3.05, 3.63) is 53.6 Å². The molecule has 4 N–H and O–H groups in total. The summed E-state index contributed by atoms with van der Waals surface area (Å²) in [4.78, 5) is 7.86. The Morgan fingerprint density at radius 2 is 1.96 bits per heavy atom. The summed E-state index contributed by atoms with van der Waals surface area (Å²) in [6.07, 6.45) is 4.82. The minimum Gasteiger partial charge on any atom is -0.390 e. The van der Waals surface area contributed by atoms with Gasteiger partial charge in [-0.05, 0) is 42.2 Å².